The molecule has 1 aliphatic rings. The Labute approximate surface area is 194 Å². The Bertz CT molecular complexity index is 1060. The van der Waals surface area contributed by atoms with Crippen molar-refractivity contribution in [3.63, 3.8) is 0 Å². The topological polar surface area (TPSA) is 66.4 Å². The van der Waals surface area contributed by atoms with Crippen molar-refractivity contribution in [2.24, 2.45) is 0 Å². The maximum Gasteiger partial charge on any atom is 0.188 e. The second-order valence-corrected chi connectivity index (χ2v) is 8.44. The minimum absolute atomic E-state index is 0.0274. The molecule has 0 saturated heterocycles. The zero-order valence-electron chi connectivity index (χ0n) is 19.2. The number of phenolic OH excluding ortho intramolecular Hbond substituents is 1. The summed E-state index contributed by atoms with van der Waals surface area (Å²) in [5.74, 6) is 1.68. The minimum Gasteiger partial charge on any atom is -0.508 e. The van der Waals surface area contributed by atoms with Gasteiger partial charge in [0.25, 0.3) is 0 Å². The van der Waals surface area contributed by atoms with Crippen LogP contribution in [0.3, 0.4) is 0 Å². The average molecular weight is 451 g/mol. The van der Waals surface area contributed by atoms with Gasteiger partial charge in [-0.25, -0.2) is 0 Å². The van der Waals surface area contributed by atoms with Crippen molar-refractivity contribution in [2.45, 2.75) is 24.9 Å². The first kappa shape index (κ1) is 23.1. The van der Waals surface area contributed by atoms with E-state index in [1.54, 1.807) is 20.3 Å². The van der Waals surface area contributed by atoms with Crippen LogP contribution in [0.15, 0.2) is 66.7 Å². The first-order chi connectivity index (χ1) is 16.0. The van der Waals surface area contributed by atoms with Crippen molar-refractivity contribution < 1.29 is 28.8 Å². The van der Waals surface area contributed by atoms with Crippen LogP contribution in [0, 0.1) is 0 Å². The van der Waals surface area contributed by atoms with Crippen molar-refractivity contribution in [2.75, 3.05) is 34.4 Å². The SMILES string of the molecule is COCOCc1ccc(C2(C)COc3cc(OCOC)ccc3C2c2cccc(O)c2)cc1. The van der Waals surface area contributed by atoms with E-state index in [2.05, 4.69) is 37.3 Å². The first-order valence-electron chi connectivity index (χ1n) is 10.9. The smallest absolute Gasteiger partial charge is 0.188 e. The normalized spacial score (nSPS) is 19.5. The fourth-order valence-electron chi connectivity index (χ4n) is 4.48. The Morgan fingerprint density at radius 3 is 2.48 bits per heavy atom. The molecule has 6 nitrogen and oxygen atoms in total. The number of fused-ring (bicyclic) bond motifs is 1. The highest BCUT2D eigenvalue weighted by Crippen LogP contribution is 2.51. The number of hydrogen-bond donors (Lipinski definition) is 1. The molecule has 1 heterocycles. The molecule has 0 saturated carbocycles. The molecular formula is C27H30O6. The third kappa shape index (κ3) is 4.98. The predicted octanol–water partition coefficient (Wildman–Crippen LogP) is 4.98. The summed E-state index contributed by atoms with van der Waals surface area (Å²) < 4.78 is 27.3. The number of ether oxygens (including phenoxy) is 5. The molecule has 0 amide bonds. The summed E-state index contributed by atoms with van der Waals surface area (Å²) in [4.78, 5) is 0. The number of benzene rings is 3. The van der Waals surface area contributed by atoms with Crippen molar-refractivity contribution in [3.05, 3.63) is 89.0 Å². The number of rotatable bonds is 9. The zero-order valence-corrected chi connectivity index (χ0v) is 19.2. The van der Waals surface area contributed by atoms with E-state index in [4.69, 9.17) is 23.7 Å². The highest BCUT2D eigenvalue weighted by atomic mass is 16.7. The largest absolute Gasteiger partial charge is 0.508 e. The Morgan fingerprint density at radius 1 is 0.970 bits per heavy atom. The van der Waals surface area contributed by atoms with E-state index < -0.39 is 0 Å². The molecule has 6 heteroatoms. The van der Waals surface area contributed by atoms with Gasteiger partial charge in [0.15, 0.2) is 6.79 Å². The van der Waals surface area contributed by atoms with Crippen LogP contribution in [0.2, 0.25) is 0 Å². The summed E-state index contributed by atoms with van der Waals surface area (Å²) in [7, 11) is 3.20. The number of hydrogen-bond acceptors (Lipinski definition) is 6. The van der Waals surface area contributed by atoms with E-state index in [1.165, 1.54) is 0 Å². The monoisotopic (exact) mass is 450 g/mol. The van der Waals surface area contributed by atoms with E-state index in [1.807, 2.05) is 30.3 Å². The van der Waals surface area contributed by atoms with Crippen LogP contribution in [0.25, 0.3) is 0 Å². The number of phenols is 1. The summed E-state index contributed by atoms with van der Waals surface area (Å²) in [6.07, 6.45) is 0. The molecule has 174 valence electrons. The van der Waals surface area contributed by atoms with Gasteiger partial charge in [0, 0.05) is 37.2 Å². The lowest BCUT2D eigenvalue weighted by atomic mass is 9.65. The molecule has 4 rings (SSSR count). The zero-order chi connectivity index (χ0) is 23.3. The molecule has 1 N–H and O–H groups in total. The van der Waals surface area contributed by atoms with Gasteiger partial charge in [0.2, 0.25) is 0 Å². The van der Waals surface area contributed by atoms with Crippen molar-refractivity contribution in [1.82, 2.24) is 0 Å². The molecule has 0 aromatic heterocycles. The molecule has 33 heavy (non-hydrogen) atoms. The van der Waals surface area contributed by atoms with Gasteiger partial charge in [-0.1, -0.05) is 49.4 Å². The Hall–Kier alpha value is -3.06. The van der Waals surface area contributed by atoms with Gasteiger partial charge in [-0.3, -0.25) is 0 Å². The molecule has 0 aliphatic carbocycles. The van der Waals surface area contributed by atoms with Gasteiger partial charge in [-0.05, 0) is 34.9 Å². The highest BCUT2D eigenvalue weighted by molar-refractivity contribution is 5.53. The van der Waals surface area contributed by atoms with Crippen LogP contribution in [0.4, 0.5) is 0 Å². The molecule has 0 spiro atoms. The quantitative estimate of drug-likeness (QED) is 0.366. The lowest BCUT2D eigenvalue weighted by Gasteiger charge is -2.43. The van der Waals surface area contributed by atoms with E-state index >= 15 is 0 Å². The molecule has 0 radical (unpaired) electrons. The van der Waals surface area contributed by atoms with Crippen LogP contribution in [-0.4, -0.2) is 39.5 Å². The van der Waals surface area contributed by atoms with E-state index in [0.717, 1.165) is 28.0 Å². The van der Waals surface area contributed by atoms with E-state index in [0.29, 0.717) is 19.0 Å². The summed E-state index contributed by atoms with van der Waals surface area (Å²) in [6.45, 7) is 3.61. The van der Waals surface area contributed by atoms with E-state index in [-0.39, 0.29) is 30.7 Å². The summed E-state index contributed by atoms with van der Waals surface area (Å²) in [6, 6.07) is 21.8. The summed E-state index contributed by atoms with van der Waals surface area (Å²) >= 11 is 0. The number of aromatic hydroxyl groups is 1. The van der Waals surface area contributed by atoms with Crippen LogP contribution < -0.4 is 9.47 Å². The fraction of sp³-hybridized carbons (Fsp3) is 0.333. The van der Waals surface area contributed by atoms with Crippen molar-refractivity contribution in [1.29, 1.82) is 0 Å². The summed E-state index contributed by atoms with van der Waals surface area (Å²) in [5.41, 5.74) is 3.94. The summed E-state index contributed by atoms with van der Waals surface area (Å²) in [5, 5.41) is 10.2. The third-order valence-corrected chi connectivity index (χ3v) is 6.09. The fourth-order valence-corrected chi connectivity index (χ4v) is 4.48. The van der Waals surface area contributed by atoms with Gasteiger partial charge in [0.1, 0.15) is 24.0 Å². The van der Waals surface area contributed by atoms with E-state index in [9.17, 15) is 5.11 Å². The van der Waals surface area contributed by atoms with Gasteiger partial charge >= 0.3 is 0 Å². The second-order valence-electron chi connectivity index (χ2n) is 8.44. The lowest BCUT2D eigenvalue weighted by Crippen LogP contribution is -2.41. The van der Waals surface area contributed by atoms with Crippen molar-refractivity contribution in [3.8, 4) is 17.2 Å². The molecule has 2 atom stereocenters. The van der Waals surface area contributed by atoms with Crippen LogP contribution in [-0.2, 0) is 26.2 Å². The predicted molar refractivity (Wildman–Crippen MR) is 125 cm³/mol. The standard InChI is InChI=1S/C27H30O6/c1-27(21-9-7-19(8-10-21)15-31-17-29-2)16-32-25-14-23(33-18-30-3)11-12-24(25)26(27)20-5-4-6-22(28)13-20/h4-14,26,28H,15-18H2,1-3H3. The van der Waals surface area contributed by atoms with Crippen LogP contribution >= 0.6 is 0 Å². The first-order valence-corrected chi connectivity index (χ1v) is 10.9. The van der Waals surface area contributed by atoms with Gasteiger partial charge in [0.05, 0.1) is 13.2 Å². The molecular weight excluding hydrogens is 420 g/mol. The highest BCUT2D eigenvalue weighted by Gasteiger charge is 2.43. The Balaban J connectivity index is 1.72. The average Bonchev–Trinajstić information content (AvgIpc) is 2.83. The van der Waals surface area contributed by atoms with Crippen molar-refractivity contribution >= 4 is 0 Å². The maximum absolute atomic E-state index is 10.2. The third-order valence-electron chi connectivity index (χ3n) is 6.09. The molecule has 1 aliphatic heterocycles. The molecule has 2 unspecified atom stereocenters. The molecule has 3 aromatic rings. The molecule has 3 aromatic carbocycles. The maximum atomic E-state index is 10.2. The molecule has 0 bridgehead atoms. The van der Waals surface area contributed by atoms with Gasteiger partial charge in [-0.15, -0.1) is 0 Å². The van der Waals surface area contributed by atoms with Crippen LogP contribution in [0.1, 0.15) is 35.1 Å². The Morgan fingerprint density at radius 2 is 1.76 bits per heavy atom. The van der Waals surface area contributed by atoms with Gasteiger partial charge in [-0.2, -0.15) is 0 Å². The van der Waals surface area contributed by atoms with Crippen LogP contribution in [0.5, 0.6) is 17.2 Å². The second kappa shape index (κ2) is 10.3. The Kier molecular flexibility index (Phi) is 7.18. The lowest BCUT2D eigenvalue weighted by molar-refractivity contribution is -0.0390. The minimum atomic E-state index is -0.360. The number of methoxy groups -OCH3 is 2. The van der Waals surface area contributed by atoms with Gasteiger partial charge < -0.3 is 28.8 Å². The molecule has 0 fully saturated rings.